The summed E-state index contributed by atoms with van der Waals surface area (Å²) in [5, 5.41) is 6.23. The number of hydrogen-bond donors (Lipinski definition) is 3. The molecule has 1 aromatic rings. The Balaban J connectivity index is 2.63. The lowest BCUT2D eigenvalue weighted by Gasteiger charge is -2.26. The van der Waals surface area contributed by atoms with Gasteiger partial charge in [0, 0.05) is 19.6 Å². The number of nitrogens with two attached hydrogens (primary N) is 1. The van der Waals surface area contributed by atoms with E-state index in [2.05, 4.69) is 15.6 Å². The van der Waals surface area contributed by atoms with Gasteiger partial charge in [-0.05, 0) is 6.92 Å². The van der Waals surface area contributed by atoms with Crippen LogP contribution < -0.4 is 21.9 Å². The lowest BCUT2D eigenvalue weighted by Crippen LogP contribution is -2.36. The topological polar surface area (TPSA) is 85.0 Å². The molecule has 76 valence electrons. The van der Waals surface area contributed by atoms with E-state index in [-0.39, 0.29) is 17.5 Å². The van der Waals surface area contributed by atoms with E-state index in [4.69, 9.17) is 5.73 Å². The van der Waals surface area contributed by atoms with Gasteiger partial charge in [-0.25, -0.2) is 0 Å². The minimum absolute atomic E-state index is 0.220. The smallest absolute Gasteiger partial charge is 0.300 e. The van der Waals surface area contributed by atoms with Gasteiger partial charge < -0.3 is 16.4 Å². The molecular formula is C8H13N5O. The predicted octanol–water partition coefficient (Wildman–Crippen LogP) is -0.412. The quantitative estimate of drug-likeness (QED) is 0.524. The second-order valence-electron chi connectivity index (χ2n) is 3.48. The molecule has 0 saturated heterocycles. The molecule has 0 amide bonds. The molecule has 1 aromatic heterocycles. The van der Waals surface area contributed by atoms with Gasteiger partial charge in [0.1, 0.15) is 11.5 Å². The summed E-state index contributed by atoms with van der Waals surface area (Å²) < 4.78 is 1.66. The maximum atomic E-state index is 11.5. The van der Waals surface area contributed by atoms with Crippen LogP contribution >= 0.6 is 0 Å². The summed E-state index contributed by atoms with van der Waals surface area (Å²) in [5.41, 5.74) is 5.75. The Morgan fingerprint density at radius 3 is 3.07 bits per heavy atom. The molecule has 0 radical (unpaired) electrons. The fourth-order valence-electron chi connectivity index (χ4n) is 1.50. The van der Waals surface area contributed by atoms with E-state index in [1.807, 2.05) is 6.92 Å². The van der Waals surface area contributed by atoms with Crippen molar-refractivity contribution >= 4 is 17.5 Å². The summed E-state index contributed by atoms with van der Waals surface area (Å²) in [6.45, 7) is 2.76. The molecule has 0 fully saturated rings. The van der Waals surface area contributed by atoms with Gasteiger partial charge in [-0.15, -0.1) is 0 Å². The zero-order chi connectivity index (χ0) is 10.3. The van der Waals surface area contributed by atoms with Crippen LogP contribution in [0.15, 0.2) is 4.79 Å². The van der Waals surface area contributed by atoms with Crippen LogP contribution in [0.25, 0.3) is 0 Å². The van der Waals surface area contributed by atoms with E-state index < -0.39 is 0 Å². The maximum Gasteiger partial charge on any atom is 0.300 e. The predicted molar refractivity (Wildman–Crippen MR) is 55.5 cm³/mol. The lowest BCUT2D eigenvalue weighted by atomic mass is 10.2. The number of rotatable bonds is 0. The van der Waals surface area contributed by atoms with Gasteiger partial charge >= 0.3 is 0 Å². The molecule has 1 aliphatic heterocycles. The second kappa shape index (κ2) is 2.90. The molecule has 1 unspecified atom stereocenters. The maximum absolute atomic E-state index is 11.5. The van der Waals surface area contributed by atoms with Crippen LogP contribution in [0.2, 0.25) is 0 Å². The molecule has 14 heavy (non-hydrogen) atoms. The van der Waals surface area contributed by atoms with Crippen LogP contribution in [0.1, 0.15) is 6.92 Å². The zero-order valence-electron chi connectivity index (χ0n) is 8.16. The minimum atomic E-state index is -0.311. The summed E-state index contributed by atoms with van der Waals surface area (Å²) >= 11 is 0. The van der Waals surface area contributed by atoms with Crippen LogP contribution in [-0.2, 0) is 7.05 Å². The second-order valence-corrected chi connectivity index (χ2v) is 3.48. The van der Waals surface area contributed by atoms with Crippen LogP contribution in [0.4, 0.5) is 17.5 Å². The molecular weight excluding hydrogens is 182 g/mol. The number of hydrogen-bond acceptors (Lipinski definition) is 5. The Kier molecular flexibility index (Phi) is 1.83. The highest BCUT2D eigenvalue weighted by atomic mass is 16.1. The van der Waals surface area contributed by atoms with Gasteiger partial charge in [-0.3, -0.25) is 9.36 Å². The molecule has 0 aromatic carbocycles. The minimum Gasteiger partial charge on any atom is -0.373 e. The number of nitrogen functional groups attached to an aromatic ring is 1. The van der Waals surface area contributed by atoms with E-state index in [1.165, 1.54) is 0 Å². The van der Waals surface area contributed by atoms with Gasteiger partial charge in [0.2, 0.25) is 5.95 Å². The van der Waals surface area contributed by atoms with Crippen molar-refractivity contribution in [2.24, 2.45) is 7.05 Å². The van der Waals surface area contributed by atoms with Crippen molar-refractivity contribution < 1.29 is 0 Å². The summed E-state index contributed by atoms with van der Waals surface area (Å²) in [4.78, 5) is 15.2. The molecule has 2 rings (SSSR count). The lowest BCUT2D eigenvalue weighted by molar-refractivity contribution is 0.770. The van der Waals surface area contributed by atoms with Crippen molar-refractivity contribution in [2.45, 2.75) is 13.0 Å². The molecule has 0 spiro atoms. The van der Waals surface area contributed by atoms with Crippen molar-refractivity contribution in [3.05, 3.63) is 10.4 Å². The number of nitrogens with one attached hydrogen (secondary N) is 2. The van der Waals surface area contributed by atoms with Gasteiger partial charge in [0.05, 0.1) is 0 Å². The highest BCUT2D eigenvalue weighted by Gasteiger charge is 2.19. The van der Waals surface area contributed by atoms with Crippen LogP contribution in [0.3, 0.4) is 0 Å². The molecule has 0 saturated carbocycles. The molecule has 2 heterocycles. The summed E-state index contributed by atoms with van der Waals surface area (Å²) in [6, 6.07) is 0.223. The Hall–Kier alpha value is -1.72. The summed E-state index contributed by atoms with van der Waals surface area (Å²) in [6.07, 6.45) is 0. The third-order valence-corrected chi connectivity index (χ3v) is 2.31. The molecule has 0 bridgehead atoms. The number of nitrogens with zero attached hydrogens (tertiary/aromatic N) is 2. The molecule has 4 N–H and O–H groups in total. The van der Waals surface area contributed by atoms with E-state index >= 15 is 0 Å². The number of aromatic nitrogens is 2. The van der Waals surface area contributed by atoms with Crippen LogP contribution in [0.5, 0.6) is 0 Å². The molecule has 1 aliphatic rings. The monoisotopic (exact) mass is 195 g/mol. The molecule has 6 heteroatoms. The standard InChI is InChI=1S/C8H13N5O/c1-4-3-10-6-5(11-4)7(14)12-8(9)13(6)2/h4,10-11H,3H2,1-2H3,(H2,9,12,14). The summed E-state index contributed by atoms with van der Waals surface area (Å²) in [5.74, 6) is 0.929. The summed E-state index contributed by atoms with van der Waals surface area (Å²) in [7, 11) is 1.77. The Bertz CT molecular complexity index is 424. The van der Waals surface area contributed by atoms with Crippen molar-refractivity contribution in [3.63, 3.8) is 0 Å². The van der Waals surface area contributed by atoms with Gasteiger partial charge in [0.25, 0.3) is 5.56 Å². The largest absolute Gasteiger partial charge is 0.373 e. The Morgan fingerprint density at radius 1 is 1.64 bits per heavy atom. The van der Waals surface area contributed by atoms with E-state index in [9.17, 15) is 4.79 Å². The average Bonchev–Trinajstić information content (AvgIpc) is 2.14. The molecule has 6 nitrogen and oxygen atoms in total. The first-order chi connectivity index (χ1) is 6.59. The fourth-order valence-corrected chi connectivity index (χ4v) is 1.50. The number of anilines is 3. The third kappa shape index (κ3) is 1.19. The first-order valence-corrected chi connectivity index (χ1v) is 4.46. The van der Waals surface area contributed by atoms with Crippen LogP contribution in [0, 0.1) is 0 Å². The van der Waals surface area contributed by atoms with E-state index in [1.54, 1.807) is 11.6 Å². The first kappa shape index (κ1) is 8.86. The van der Waals surface area contributed by atoms with Gasteiger partial charge in [0.15, 0.2) is 0 Å². The van der Waals surface area contributed by atoms with Crippen molar-refractivity contribution in [1.82, 2.24) is 9.55 Å². The van der Waals surface area contributed by atoms with E-state index in [0.717, 1.165) is 6.54 Å². The highest BCUT2D eigenvalue weighted by Crippen LogP contribution is 2.22. The number of fused-ring (bicyclic) bond motifs is 1. The van der Waals surface area contributed by atoms with Gasteiger partial charge in [-0.2, -0.15) is 4.98 Å². The molecule has 0 aliphatic carbocycles. The van der Waals surface area contributed by atoms with Crippen molar-refractivity contribution in [3.8, 4) is 0 Å². The van der Waals surface area contributed by atoms with Crippen molar-refractivity contribution in [1.29, 1.82) is 0 Å². The highest BCUT2D eigenvalue weighted by molar-refractivity contribution is 5.67. The Morgan fingerprint density at radius 2 is 2.36 bits per heavy atom. The SMILES string of the molecule is CC1CNc2c(c(=O)nc(N)n2C)N1. The van der Waals surface area contributed by atoms with Crippen LogP contribution in [-0.4, -0.2) is 22.1 Å². The average molecular weight is 195 g/mol. The van der Waals surface area contributed by atoms with Gasteiger partial charge in [-0.1, -0.05) is 0 Å². The van der Waals surface area contributed by atoms with E-state index in [0.29, 0.717) is 11.5 Å². The third-order valence-electron chi connectivity index (χ3n) is 2.31. The fraction of sp³-hybridized carbons (Fsp3) is 0.500. The van der Waals surface area contributed by atoms with Crippen molar-refractivity contribution in [2.75, 3.05) is 22.9 Å². The first-order valence-electron chi connectivity index (χ1n) is 4.46. The molecule has 1 atom stereocenters. The Labute approximate surface area is 81.1 Å². The zero-order valence-corrected chi connectivity index (χ0v) is 8.16. The normalized spacial score (nSPS) is 19.4.